The van der Waals surface area contributed by atoms with E-state index in [9.17, 15) is 4.79 Å². The van der Waals surface area contributed by atoms with Crippen LogP contribution in [0.1, 0.15) is 18.1 Å². The monoisotopic (exact) mass is 233 g/mol. The first-order valence-electron chi connectivity index (χ1n) is 5.61. The molecule has 1 aromatic carbocycles. The number of carboxylic acids is 1. The summed E-state index contributed by atoms with van der Waals surface area (Å²) in [5.74, 6) is -0.883. The molecule has 0 aliphatic heterocycles. The molecule has 0 aromatic heterocycles. The fourth-order valence-corrected chi connectivity index (χ4v) is 1.86. The first kappa shape index (κ1) is 13.5. The molecule has 0 fully saturated rings. The van der Waals surface area contributed by atoms with Crippen molar-refractivity contribution in [3.8, 4) is 0 Å². The summed E-state index contributed by atoms with van der Waals surface area (Å²) >= 11 is 0. The Morgan fingerprint density at radius 3 is 2.76 bits per heavy atom. The van der Waals surface area contributed by atoms with Gasteiger partial charge in [0.05, 0.1) is 0 Å². The molecular formula is C14H19NO2. The van der Waals surface area contributed by atoms with E-state index < -0.39 is 5.97 Å². The van der Waals surface area contributed by atoms with Gasteiger partial charge < -0.3 is 5.11 Å². The van der Waals surface area contributed by atoms with Crippen molar-refractivity contribution in [1.82, 2.24) is 4.90 Å². The summed E-state index contributed by atoms with van der Waals surface area (Å²) in [4.78, 5) is 12.6. The molecule has 0 aliphatic carbocycles. The van der Waals surface area contributed by atoms with Crippen LogP contribution in [0.5, 0.6) is 0 Å². The predicted molar refractivity (Wildman–Crippen MR) is 68.9 cm³/mol. The summed E-state index contributed by atoms with van der Waals surface area (Å²) in [7, 11) is 1.99. The number of benzene rings is 1. The number of carboxylic acid groups (broad SMARTS) is 1. The van der Waals surface area contributed by atoms with Crippen LogP contribution in [0.15, 0.2) is 35.9 Å². The molecular weight excluding hydrogens is 214 g/mol. The van der Waals surface area contributed by atoms with Crippen molar-refractivity contribution in [2.24, 2.45) is 0 Å². The fraction of sp³-hybridized carbons (Fsp3) is 0.357. The van der Waals surface area contributed by atoms with Gasteiger partial charge in [0.25, 0.3) is 0 Å². The second-order valence-corrected chi connectivity index (χ2v) is 4.49. The number of hydrogen-bond donors (Lipinski definition) is 1. The van der Waals surface area contributed by atoms with Gasteiger partial charge in [-0.05, 0) is 26.5 Å². The summed E-state index contributed by atoms with van der Waals surface area (Å²) in [6, 6.07) is 8.34. The third kappa shape index (κ3) is 5.31. The van der Waals surface area contributed by atoms with Gasteiger partial charge in [-0.3, -0.25) is 4.90 Å². The molecule has 0 bridgehead atoms. The zero-order valence-corrected chi connectivity index (χ0v) is 10.6. The van der Waals surface area contributed by atoms with Gasteiger partial charge in [-0.2, -0.15) is 0 Å². The number of carbonyl (C=O) groups is 1. The minimum Gasteiger partial charge on any atom is -0.478 e. The lowest BCUT2D eigenvalue weighted by Crippen LogP contribution is -2.20. The molecule has 92 valence electrons. The van der Waals surface area contributed by atoms with Crippen LogP contribution < -0.4 is 0 Å². The van der Waals surface area contributed by atoms with Gasteiger partial charge in [0.2, 0.25) is 0 Å². The number of aryl methyl sites for hydroxylation is 1. The Balaban J connectivity index is 2.55. The highest BCUT2D eigenvalue weighted by Gasteiger charge is 2.02. The van der Waals surface area contributed by atoms with E-state index in [4.69, 9.17) is 5.11 Å². The lowest BCUT2D eigenvalue weighted by atomic mass is 10.1. The van der Waals surface area contributed by atoms with E-state index in [0.717, 1.165) is 12.1 Å². The molecule has 0 aliphatic rings. The molecule has 1 rings (SSSR count). The van der Waals surface area contributed by atoms with Crippen LogP contribution in [0.25, 0.3) is 0 Å². The number of nitrogens with zero attached hydrogens (tertiary/aromatic N) is 1. The lowest BCUT2D eigenvalue weighted by Gasteiger charge is -2.17. The summed E-state index contributed by atoms with van der Waals surface area (Å²) < 4.78 is 0. The van der Waals surface area contributed by atoms with Crippen molar-refractivity contribution in [3.63, 3.8) is 0 Å². The van der Waals surface area contributed by atoms with E-state index in [-0.39, 0.29) is 0 Å². The van der Waals surface area contributed by atoms with Crippen LogP contribution in [0.3, 0.4) is 0 Å². The Morgan fingerprint density at radius 1 is 1.47 bits per heavy atom. The largest absolute Gasteiger partial charge is 0.478 e. The fourth-order valence-electron chi connectivity index (χ4n) is 1.86. The molecule has 0 radical (unpaired) electrons. The number of rotatable bonds is 5. The quantitative estimate of drug-likeness (QED) is 0.794. The van der Waals surface area contributed by atoms with Gasteiger partial charge in [0, 0.05) is 19.2 Å². The predicted octanol–water partition coefficient (Wildman–Crippen LogP) is 2.46. The maximum absolute atomic E-state index is 10.5. The molecule has 1 aromatic rings. The number of aliphatic carboxylic acids is 1. The second kappa shape index (κ2) is 6.21. The molecule has 0 unspecified atom stereocenters. The molecule has 1 N–H and O–H groups in total. The van der Waals surface area contributed by atoms with Crippen LogP contribution in [-0.2, 0) is 11.3 Å². The van der Waals surface area contributed by atoms with Gasteiger partial charge in [0.15, 0.2) is 0 Å². The number of likely N-dealkylation sites (N-methyl/N-ethyl adjacent to an activating group) is 1. The summed E-state index contributed by atoms with van der Waals surface area (Å²) in [6.07, 6.45) is 1.26. The van der Waals surface area contributed by atoms with Crippen LogP contribution in [0, 0.1) is 6.92 Å². The van der Waals surface area contributed by atoms with Crippen LogP contribution in [0.4, 0.5) is 0 Å². The average molecular weight is 233 g/mol. The molecule has 17 heavy (non-hydrogen) atoms. The lowest BCUT2D eigenvalue weighted by molar-refractivity contribution is -0.131. The van der Waals surface area contributed by atoms with Crippen molar-refractivity contribution in [2.75, 3.05) is 13.6 Å². The summed E-state index contributed by atoms with van der Waals surface area (Å²) in [5.41, 5.74) is 3.34. The van der Waals surface area contributed by atoms with Crippen LogP contribution in [0.2, 0.25) is 0 Å². The van der Waals surface area contributed by atoms with Gasteiger partial charge in [-0.15, -0.1) is 0 Å². The number of hydrogen-bond acceptors (Lipinski definition) is 2. The minimum absolute atomic E-state index is 0.667. The molecule has 0 spiro atoms. The first-order valence-corrected chi connectivity index (χ1v) is 5.61. The third-order valence-corrected chi connectivity index (χ3v) is 2.42. The Kier molecular flexibility index (Phi) is 4.91. The van der Waals surface area contributed by atoms with Crippen LogP contribution >= 0.6 is 0 Å². The average Bonchev–Trinajstić information content (AvgIpc) is 2.14. The van der Waals surface area contributed by atoms with Crippen molar-refractivity contribution in [2.45, 2.75) is 20.4 Å². The van der Waals surface area contributed by atoms with E-state index >= 15 is 0 Å². The minimum atomic E-state index is -0.883. The zero-order valence-electron chi connectivity index (χ0n) is 10.6. The van der Waals surface area contributed by atoms with Crippen LogP contribution in [-0.4, -0.2) is 29.6 Å². The molecule has 3 heteroatoms. The standard InChI is InChI=1S/C14H19NO2/c1-11-5-4-6-13(7-11)10-15(3)9-12(2)8-14(16)17/h4-8H,9-10H2,1-3H3,(H,16,17). The first-order chi connectivity index (χ1) is 7.97. The molecule has 0 heterocycles. The maximum Gasteiger partial charge on any atom is 0.328 e. The topological polar surface area (TPSA) is 40.5 Å². The normalized spacial score (nSPS) is 11.9. The highest BCUT2D eigenvalue weighted by atomic mass is 16.4. The Hall–Kier alpha value is -1.61. The molecule has 0 saturated carbocycles. The molecule has 3 nitrogen and oxygen atoms in total. The summed E-state index contributed by atoms with van der Waals surface area (Å²) in [5, 5.41) is 8.63. The van der Waals surface area contributed by atoms with Gasteiger partial charge in [0.1, 0.15) is 0 Å². The van der Waals surface area contributed by atoms with E-state index in [1.54, 1.807) is 0 Å². The van der Waals surface area contributed by atoms with Gasteiger partial charge in [-0.1, -0.05) is 35.4 Å². The van der Waals surface area contributed by atoms with E-state index in [1.165, 1.54) is 17.2 Å². The Labute approximate surface area is 102 Å². The Bertz CT molecular complexity index is 424. The summed E-state index contributed by atoms with van der Waals surface area (Å²) in [6.45, 7) is 5.40. The maximum atomic E-state index is 10.5. The van der Waals surface area contributed by atoms with Crippen molar-refractivity contribution in [1.29, 1.82) is 0 Å². The smallest absolute Gasteiger partial charge is 0.328 e. The third-order valence-electron chi connectivity index (χ3n) is 2.42. The second-order valence-electron chi connectivity index (χ2n) is 4.49. The molecule has 0 saturated heterocycles. The van der Waals surface area contributed by atoms with Crippen molar-refractivity contribution >= 4 is 5.97 Å². The molecule has 0 amide bonds. The van der Waals surface area contributed by atoms with Gasteiger partial charge in [-0.25, -0.2) is 4.79 Å². The van der Waals surface area contributed by atoms with Gasteiger partial charge >= 0.3 is 5.97 Å². The van der Waals surface area contributed by atoms with E-state index in [2.05, 4.69) is 30.0 Å². The van der Waals surface area contributed by atoms with E-state index in [0.29, 0.717) is 6.54 Å². The highest BCUT2D eigenvalue weighted by Crippen LogP contribution is 2.07. The zero-order chi connectivity index (χ0) is 12.8. The Morgan fingerprint density at radius 2 is 2.18 bits per heavy atom. The molecule has 0 atom stereocenters. The van der Waals surface area contributed by atoms with E-state index in [1.807, 2.05) is 20.0 Å². The van der Waals surface area contributed by atoms with Crippen molar-refractivity contribution in [3.05, 3.63) is 47.0 Å². The SMILES string of the molecule is CC(=CC(=O)O)CN(C)Cc1cccc(C)c1. The van der Waals surface area contributed by atoms with Crippen molar-refractivity contribution < 1.29 is 9.90 Å². The highest BCUT2D eigenvalue weighted by molar-refractivity contribution is 5.80.